The molecule has 0 spiro atoms. The number of carbonyl (C=O) groups excluding carboxylic acids is 2. The number of amides is 1. The first kappa shape index (κ1) is 22.9. The second-order valence-electron chi connectivity index (χ2n) is 8.00. The van der Waals surface area contributed by atoms with Crippen molar-refractivity contribution < 1.29 is 33.0 Å². The Morgan fingerprint density at radius 2 is 2.00 bits per heavy atom. The molecule has 0 aliphatic carbocycles. The van der Waals surface area contributed by atoms with Crippen molar-refractivity contribution in [2.45, 2.75) is 32.9 Å². The molecule has 1 aliphatic heterocycles. The van der Waals surface area contributed by atoms with Crippen LogP contribution in [0, 0.1) is 6.92 Å². The highest BCUT2D eigenvalue weighted by atomic mass is 35.5. The minimum atomic E-state index is -0.923. The highest BCUT2D eigenvalue weighted by molar-refractivity contribution is 6.31. The number of aliphatic hydroxyl groups is 1. The number of ketones is 1. The number of halogens is 1. The summed E-state index contributed by atoms with van der Waals surface area (Å²) in [6.45, 7) is 5.91. The van der Waals surface area contributed by atoms with Crippen LogP contribution in [0.15, 0.2) is 50.5 Å². The Bertz CT molecular complexity index is 1250. The Morgan fingerprint density at radius 1 is 1.24 bits per heavy atom. The number of fused-ring (bicyclic) bond motifs is 1. The van der Waals surface area contributed by atoms with Crippen LogP contribution in [0.4, 0.5) is 0 Å². The lowest BCUT2D eigenvalue weighted by Crippen LogP contribution is -2.34. The first-order chi connectivity index (χ1) is 15.7. The molecule has 1 N–H and O–H groups in total. The zero-order valence-corrected chi connectivity index (χ0v) is 19.4. The summed E-state index contributed by atoms with van der Waals surface area (Å²) >= 11 is 6.12. The van der Waals surface area contributed by atoms with Crippen LogP contribution in [0.1, 0.15) is 42.0 Å². The number of rotatable bonds is 8. The van der Waals surface area contributed by atoms with Gasteiger partial charge in [0.2, 0.25) is 5.78 Å². The Morgan fingerprint density at radius 3 is 2.64 bits per heavy atom. The molecule has 174 valence electrons. The molecule has 33 heavy (non-hydrogen) atoms. The number of ether oxygens (including phenoxy) is 2. The zero-order valence-electron chi connectivity index (χ0n) is 18.7. The molecule has 0 saturated carbocycles. The third-order valence-electron chi connectivity index (χ3n) is 5.35. The van der Waals surface area contributed by atoms with E-state index in [-0.39, 0.29) is 30.6 Å². The van der Waals surface area contributed by atoms with Gasteiger partial charge in [0, 0.05) is 23.0 Å². The number of nitrogens with zero attached hydrogens (tertiary/aromatic N) is 1. The zero-order chi connectivity index (χ0) is 23.9. The summed E-state index contributed by atoms with van der Waals surface area (Å²) in [6, 6.07) is 7.20. The monoisotopic (exact) mass is 473 g/mol. The van der Waals surface area contributed by atoms with E-state index in [1.54, 1.807) is 31.2 Å². The number of hydrogen-bond acceptors (Lipinski definition) is 7. The highest BCUT2D eigenvalue weighted by Crippen LogP contribution is 2.41. The normalized spacial score (nSPS) is 16.5. The van der Waals surface area contributed by atoms with E-state index in [9.17, 15) is 14.7 Å². The molecule has 1 amide bonds. The van der Waals surface area contributed by atoms with Crippen molar-refractivity contribution in [2.75, 3.05) is 20.3 Å². The predicted octanol–water partition coefficient (Wildman–Crippen LogP) is 5.00. The van der Waals surface area contributed by atoms with Crippen molar-refractivity contribution >= 4 is 34.3 Å². The van der Waals surface area contributed by atoms with Gasteiger partial charge in [0.05, 0.1) is 25.4 Å². The number of Topliss-reactive ketones (excluding diaryl/α,β-unsaturated/α-hetero) is 1. The fraction of sp³-hybridized carbons (Fsp3) is 0.333. The molecule has 9 heteroatoms. The van der Waals surface area contributed by atoms with Gasteiger partial charge in [0.15, 0.2) is 22.9 Å². The van der Waals surface area contributed by atoms with Crippen molar-refractivity contribution in [3.63, 3.8) is 0 Å². The summed E-state index contributed by atoms with van der Waals surface area (Å²) in [5, 5.41) is 11.7. The SMILES string of the molecule is COc1cc(Cl)cc2cc(C(=O)C3=C(O)C(=O)N(CCOC(C)C)C3c3ccc(C)o3)oc12. The van der Waals surface area contributed by atoms with Crippen molar-refractivity contribution in [1.29, 1.82) is 0 Å². The Balaban J connectivity index is 1.76. The number of carbonyl (C=O) groups is 2. The molecule has 3 heterocycles. The number of benzene rings is 1. The van der Waals surface area contributed by atoms with Gasteiger partial charge < -0.3 is 28.3 Å². The maximum Gasteiger partial charge on any atom is 0.290 e. The van der Waals surface area contributed by atoms with Gasteiger partial charge in [0.25, 0.3) is 5.91 Å². The minimum absolute atomic E-state index is 0.0352. The van der Waals surface area contributed by atoms with Crippen LogP contribution in [0.25, 0.3) is 11.0 Å². The van der Waals surface area contributed by atoms with Gasteiger partial charge in [-0.1, -0.05) is 11.6 Å². The van der Waals surface area contributed by atoms with Crippen molar-refractivity contribution in [3.8, 4) is 5.75 Å². The molecule has 0 bridgehead atoms. The Labute approximate surface area is 195 Å². The van der Waals surface area contributed by atoms with Gasteiger partial charge in [-0.25, -0.2) is 0 Å². The molecule has 0 radical (unpaired) electrons. The molecule has 1 aromatic carbocycles. The van der Waals surface area contributed by atoms with E-state index >= 15 is 0 Å². The molecule has 2 aromatic heterocycles. The predicted molar refractivity (Wildman–Crippen MR) is 121 cm³/mol. The van der Waals surface area contributed by atoms with Gasteiger partial charge in [-0.15, -0.1) is 0 Å². The van der Waals surface area contributed by atoms with Crippen LogP contribution in [-0.4, -0.2) is 48.1 Å². The molecule has 8 nitrogen and oxygen atoms in total. The smallest absolute Gasteiger partial charge is 0.290 e. The number of aliphatic hydroxyl groups excluding tert-OH is 1. The van der Waals surface area contributed by atoms with Gasteiger partial charge in [-0.05, 0) is 45.0 Å². The van der Waals surface area contributed by atoms with E-state index in [1.165, 1.54) is 18.1 Å². The van der Waals surface area contributed by atoms with Crippen LogP contribution in [0.3, 0.4) is 0 Å². The van der Waals surface area contributed by atoms with E-state index in [0.29, 0.717) is 33.3 Å². The number of hydrogen-bond donors (Lipinski definition) is 1. The van der Waals surface area contributed by atoms with Crippen molar-refractivity contribution in [3.05, 3.63) is 64.0 Å². The lowest BCUT2D eigenvalue weighted by Gasteiger charge is -2.25. The molecule has 0 saturated heterocycles. The number of aryl methyl sites for hydroxylation is 1. The summed E-state index contributed by atoms with van der Waals surface area (Å²) < 4.78 is 22.4. The topological polar surface area (TPSA) is 102 Å². The molecule has 1 atom stereocenters. The average molecular weight is 474 g/mol. The number of methoxy groups -OCH3 is 1. The van der Waals surface area contributed by atoms with Crippen LogP contribution in [0.5, 0.6) is 5.75 Å². The van der Waals surface area contributed by atoms with E-state index in [0.717, 1.165) is 0 Å². The number of furan rings is 2. The van der Waals surface area contributed by atoms with E-state index in [1.807, 2.05) is 13.8 Å². The molecular formula is C24H24ClNO7. The summed E-state index contributed by atoms with van der Waals surface area (Å²) in [6.07, 6.45) is -0.0352. The maximum atomic E-state index is 13.5. The summed E-state index contributed by atoms with van der Waals surface area (Å²) in [5.41, 5.74) is 0.213. The molecule has 0 fully saturated rings. The Kier molecular flexibility index (Phi) is 6.23. The second-order valence-corrected chi connectivity index (χ2v) is 8.43. The lowest BCUT2D eigenvalue weighted by molar-refractivity contribution is -0.130. The first-order valence-corrected chi connectivity index (χ1v) is 10.8. The van der Waals surface area contributed by atoms with E-state index in [2.05, 4.69) is 0 Å². The fourth-order valence-electron chi connectivity index (χ4n) is 3.88. The highest BCUT2D eigenvalue weighted by Gasteiger charge is 2.46. The van der Waals surface area contributed by atoms with Gasteiger partial charge >= 0.3 is 0 Å². The van der Waals surface area contributed by atoms with E-state index in [4.69, 9.17) is 29.9 Å². The minimum Gasteiger partial charge on any atom is -0.503 e. The van der Waals surface area contributed by atoms with Crippen LogP contribution in [-0.2, 0) is 9.53 Å². The maximum absolute atomic E-state index is 13.5. The summed E-state index contributed by atoms with van der Waals surface area (Å²) in [4.78, 5) is 27.8. The largest absolute Gasteiger partial charge is 0.503 e. The van der Waals surface area contributed by atoms with Crippen LogP contribution in [0.2, 0.25) is 5.02 Å². The molecule has 3 aromatic rings. The van der Waals surface area contributed by atoms with Crippen molar-refractivity contribution in [1.82, 2.24) is 4.90 Å². The lowest BCUT2D eigenvalue weighted by atomic mass is 9.99. The average Bonchev–Trinajstić information content (AvgIpc) is 3.44. The molecular weight excluding hydrogens is 450 g/mol. The fourth-order valence-corrected chi connectivity index (χ4v) is 4.10. The van der Waals surface area contributed by atoms with Crippen LogP contribution < -0.4 is 4.74 Å². The molecule has 1 aliphatic rings. The van der Waals surface area contributed by atoms with E-state index < -0.39 is 23.5 Å². The third-order valence-corrected chi connectivity index (χ3v) is 5.57. The van der Waals surface area contributed by atoms with Crippen molar-refractivity contribution in [2.24, 2.45) is 0 Å². The summed E-state index contributed by atoms with van der Waals surface area (Å²) in [7, 11) is 1.46. The third kappa shape index (κ3) is 4.24. The molecule has 4 rings (SSSR count). The first-order valence-electron chi connectivity index (χ1n) is 10.4. The Hall–Kier alpha value is -3.23. The summed E-state index contributed by atoms with van der Waals surface area (Å²) in [5.74, 6) is -0.694. The molecule has 1 unspecified atom stereocenters. The standard InChI is InChI=1S/C24H24ClNO7/c1-12(2)31-8-7-26-20(16-6-5-13(3)32-16)19(22(28)24(26)29)21(27)17-10-14-9-15(25)11-18(30-4)23(14)33-17/h5-6,9-12,20,28H,7-8H2,1-4H3. The van der Waals surface area contributed by atoms with Gasteiger partial charge in [-0.2, -0.15) is 0 Å². The second kappa shape index (κ2) is 8.96. The van der Waals surface area contributed by atoms with Gasteiger partial charge in [-0.3, -0.25) is 9.59 Å². The quantitative estimate of drug-likeness (QED) is 0.459. The van der Waals surface area contributed by atoms with Gasteiger partial charge in [0.1, 0.15) is 17.6 Å². The van der Waals surface area contributed by atoms with Crippen LogP contribution >= 0.6 is 11.6 Å².